The number of halogens is 1. The lowest BCUT2D eigenvalue weighted by molar-refractivity contribution is 0.340. The van der Waals surface area contributed by atoms with E-state index in [9.17, 15) is 0 Å². The van der Waals surface area contributed by atoms with E-state index >= 15 is 0 Å². The molecule has 0 fully saturated rings. The highest BCUT2D eigenvalue weighted by atomic mass is 35.5. The Balaban J connectivity index is 2.81. The van der Waals surface area contributed by atoms with Gasteiger partial charge in [0.05, 0.1) is 11.6 Å². The van der Waals surface area contributed by atoms with E-state index in [1.165, 1.54) is 0 Å². The van der Waals surface area contributed by atoms with Gasteiger partial charge in [0.25, 0.3) is 0 Å². The van der Waals surface area contributed by atoms with Crippen LogP contribution in [0.4, 0.5) is 0 Å². The van der Waals surface area contributed by atoms with Gasteiger partial charge in [-0.3, -0.25) is 0 Å². The van der Waals surface area contributed by atoms with E-state index < -0.39 is 0 Å². The van der Waals surface area contributed by atoms with Crippen LogP contribution in [0, 0.1) is 0 Å². The molecule has 0 radical (unpaired) electrons. The molecule has 15 heavy (non-hydrogen) atoms. The van der Waals surface area contributed by atoms with Crippen LogP contribution < -0.4 is 10.5 Å². The number of ether oxygens (including phenoxy) is 1. The van der Waals surface area contributed by atoms with E-state index in [4.69, 9.17) is 22.1 Å². The molecule has 1 aromatic rings. The van der Waals surface area contributed by atoms with Crippen LogP contribution in [0.2, 0.25) is 5.02 Å². The second-order valence-corrected chi connectivity index (χ2v) is 4.10. The van der Waals surface area contributed by atoms with Gasteiger partial charge < -0.3 is 10.5 Å². The number of thiol groups is 1. The monoisotopic (exact) mass is 245 g/mol. The Morgan fingerprint density at radius 2 is 2.27 bits per heavy atom. The first-order valence-electron chi connectivity index (χ1n) is 4.97. The molecule has 0 aliphatic rings. The Kier molecular flexibility index (Phi) is 5.29. The zero-order valence-electron chi connectivity index (χ0n) is 8.74. The van der Waals surface area contributed by atoms with E-state index in [1.807, 2.05) is 25.1 Å². The van der Waals surface area contributed by atoms with Gasteiger partial charge in [-0.15, -0.1) is 0 Å². The van der Waals surface area contributed by atoms with E-state index in [0.29, 0.717) is 17.4 Å². The standard InChI is InChI=1S/C11H16ClNOS/c1-2-14-11-4-3-8(7-9(11)12)10(13)5-6-15/h3-4,7,10,15H,2,5-6,13H2,1H3. The van der Waals surface area contributed by atoms with E-state index in [2.05, 4.69) is 12.6 Å². The first-order valence-corrected chi connectivity index (χ1v) is 5.98. The van der Waals surface area contributed by atoms with Gasteiger partial charge in [0.1, 0.15) is 5.75 Å². The van der Waals surface area contributed by atoms with Crippen LogP contribution in [0.3, 0.4) is 0 Å². The Hall–Kier alpha value is -0.380. The van der Waals surface area contributed by atoms with Crippen molar-refractivity contribution >= 4 is 24.2 Å². The lowest BCUT2D eigenvalue weighted by Crippen LogP contribution is -2.10. The average molecular weight is 246 g/mol. The largest absolute Gasteiger partial charge is 0.492 e. The molecule has 1 rings (SSSR count). The van der Waals surface area contributed by atoms with Gasteiger partial charge in [-0.25, -0.2) is 0 Å². The predicted molar refractivity (Wildman–Crippen MR) is 68.0 cm³/mol. The highest BCUT2D eigenvalue weighted by Crippen LogP contribution is 2.28. The van der Waals surface area contributed by atoms with E-state index in [1.54, 1.807) is 0 Å². The molecule has 1 atom stereocenters. The van der Waals surface area contributed by atoms with Gasteiger partial charge in [-0.05, 0) is 36.8 Å². The van der Waals surface area contributed by atoms with Gasteiger partial charge in [-0.2, -0.15) is 12.6 Å². The van der Waals surface area contributed by atoms with Crippen LogP contribution in [-0.4, -0.2) is 12.4 Å². The summed E-state index contributed by atoms with van der Waals surface area (Å²) >= 11 is 10.2. The summed E-state index contributed by atoms with van der Waals surface area (Å²) in [6.07, 6.45) is 0.841. The molecule has 0 bridgehead atoms. The molecule has 0 aliphatic heterocycles. The fourth-order valence-corrected chi connectivity index (χ4v) is 1.85. The van der Waals surface area contributed by atoms with E-state index in [0.717, 1.165) is 17.7 Å². The van der Waals surface area contributed by atoms with Crippen molar-refractivity contribution in [3.63, 3.8) is 0 Å². The Labute approximate surface area is 101 Å². The number of benzene rings is 1. The minimum atomic E-state index is -0.00400. The molecule has 2 nitrogen and oxygen atoms in total. The Morgan fingerprint density at radius 3 is 2.80 bits per heavy atom. The van der Waals surface area contributed by atoms with Crippen molar-refractivity contribution in [2.75, 3.05) is 12.4 Å². The highest BCUT2D eigenvalue weighted by Gasteiger charge is 2.08. The van der Waals surface area contributed by atoms with Crippen LogP contribution in [0.25, 0.3) is 0 Å². The summed E-state index contributed by atoms with van der Waals surface area (Å²) in [5.41, 5.74) is 6.98. The maximum Gasteiger partial charge on any atom is 0.137 e. The summed E-state index contributed by atoms with van der Waals surface area (Å²) in [6.45, 7) is 2.54. The number of hydrogen-bond acceptors (Lipinski definition) is 3. The third-order valence-electron chi connectivity index (χ3n) is 2.12. The number of rotatable bonds is 5. The summed E-state index contributed by atoms with van der Waals surface area (Å²) in [5.74, 6) is 1.48. The third kappa shape index (κ3) is 3.59. The summed E-state index contributed by atoms with van der Waals surface area (Å²) in [7, 11) is 0. The molecule has 0 spiro atoms. The summed E-state index contributed by atoms with van der Waals surface area (Å²) < 4.78 is 5.34. The molecule has 2 N–H and O–H groups in total. The molecule has 0 aromatic heterocycles. The second kappa shape index (κ2) is 6.26. The zero-order valence-corrected chi connectivity index (χ0v) is 10.4. The van der Waals surface area contributed by atoms with Crippen molar-refractivity contribution in [1.29, 1.82) is 0 Å². The lowest BCUT2D eigenvalue weighted by atomic mass is 10.1. The van der Waals surface area contributed by atoms with E-state index in [-0.39, 0.29) is 6.04 Å². The second-order valence-electron chi connectivity index (χ2n) is 3.24. The zero-order chi connectivity index (χ0) is 11.3. The molecule has 84 valence electrons. The van der Waals surface area contributed by atoms with Crippen molar-refractivity contribution in [2.24, 2.45) is 5.73 Å². The Morgan fingerprint density at radius 1 is 1.53 bits per heavy atom. The molecule has 0 saturated heterocycles. The van der Waals surface area contributed by atoms with Crippen LogP contribution in [0.5, 0.6) is 5.75 Å². The first-order chi connectivity index (χ1) is 7.19. The predicted octanol–water partition coefficient (Wildman–Crippen LogP) is 3.06. The van der Waals surface area contributed by atoms with Crippen molar-refractivity contribution in [3.8, 4) is 5.75 Å². The lowest BCUT2D eigenvalue weighted by Gasteiger charge is -2.12. The summed E-state index contributed by atoms with van der Waals surface area (Å²) in [4.78, 5) is 0. The minimum absolute atomic E-state index is 0.00400. The fraction of sp³-hybridized carbons (Fsp3) is 0.455. The minimum Gasteiger partial charge on any atom is -0.492 e. The summed E-state index contributed by atoms with van der Waals surface area (Å²) in [6, 6.07) is 5.67. The molecule has 0 amide bonds. The third-order valence-corrected chi connectivity index (χ3v) is 2.68. The molecule has 0 saturated carbocycles. The van der Waals surface area contributed by atoms with Crippen LogP contribution in [-0.2, 0) is 0 Å². The molecule has 0 aliphatic carbocycles. The summed E-state index contributed by atoms with van der Waals surface area (Å²) in [5, 5.41) is 0.615. The fourth-order valence-electron chi connectivity index (χ4n) is 1.33. The first kappa shape index (κ1) is 12.7. The topological polar surface area (TPSA) is 35.2 Å². The Bertz CT molecular complexity index is 319. The maximum absolute atomic E-state index is 6.05. The molecular formula is C11H16ClNOS. The number of nitrogens with two attached hydrogens (primary N) is 1. The van der Waals surface area contributed by atoms with Crippen molar-refractivity contribution in [3.05, 3.63) is 28.8 Å². The van der Waals surface area contributed by atoms with Crippen LogP contribution in [0.15, 0.2) is 18.2 Å². The highest BCUT2D eigenvalue weighted by molar-refractivity contribution is 7.80. The molecule has 1 unspecified atom stereocenters. The molecule has 4 heteroatoms. The smallest absolute Gasteiger partial charge is 0.137 e. The van der Waals surface area contributed by atoms with Crippen LogP contribution >= 0.6 is 24.2 Å². The molecule has 0 heterocycles. The van der Waals surface area contributed by atoms with Gasteiger partial charge in [-0.1, -0.05) is 17.7 Å². The van der Waals surface area contributed by atoms with Crippen molar-refractivity contribution in [2.45, 2.75) is 19.4 Å². The maximum atomic E-state index is 6.05. The van der Waals surface area contributed by atoms with Crippen molar-refractivity contribution in [1.82, 2.24) is 0 Å². The molecular weight excluding hydrogens is 230 g/mol. The number of hydrogen-bond donors (Lipinski definition) is 2. The average Bonchev–Trinajstić information content (AvgIpc) is 2.21. The van der Waals surface area contributed by atoms with Gasteiger partial charge in [0, 0.05) is 6.04 Å². The van der Waals surface area contributed by atoms with Gasteiger partial charge >= 0.3 is 0 Å². The SMILES string of the molecule is CCOc1ccc(C(N)CCS)cc1Cl. The van der Waals surface area contributed by atoms with Crippen LogP contribution in [0.1, 0.15) is 24.9 Å². The van der Waals surface area contributed by atoms with Gasteiger partial charge in [0.15, 0.2) is 0 Å². The van der Waals surface area contributed by atoms with Crippen molar-refractivity contribution < 1.29 is 4.74 Å². The molecule has 1 aromatic carbocycles. The van der Waals surface area contributed by atoms with Gasteiger partial charge in [0.2, 0.25) is 0 Å². The normalized spacial score (nSPS) is 12.5. The quantitative estimate of drug-likeness (QED) is 0.782.